The van der Waals surface area contributed by atoms with Crippen LogP contribution in [0, 0.1) is 11.7 Å². The lowest BCUT2D eigenvalue weighted by molar-refractivity contribution is -0.146. The van der Waals surface area contributed by atoms with E-state index in [9.17, 15) is 47.9 Å². The Hall–Kier alpha value is -8.55. The number of ketones is 1. The Bertz CT molecular complexity index is 3660. The maximum atomic E-state index is 15.6. The first kappa shape index (κ1) is 69.8. The molecule has 1 aliphatic carbocycles. The molecule has 500 valence electrons. The highest BCUT2D eigenvalue weighted by atomic mass is 32.2. The summed E-state index contributed by atoms with van der Waals surface area (Å²) in [5, 5.41) is 27.5. The molecule has 22 nitrogen and oxygen atoms in total. The van der Waals surface area contributed by atoms with E-state index in [2.05, 4.69) is 36.9 Å². The number of benzene rings is 4. The summed E-state index contributed by atoms with van der Waals surface area (Å²) in [6, 6.07) is 18.8. The smallest absolute Gasteiger partial charge is 0.249 e. The highest BCUT2D eigenvalue weighted by molar-refractivity contribution is 7.98. The fourth-order valence-corrected chi connectivity index (χ4v) is 14.6. The molecule has 25 heteroatoms. The van der Waals surface area contributed by atoms with Gasteiger partial charge in [-0.25, -0.2) is 4.39 Å². The van der Waals surface area contributed by atoms with E-state index >= 15 is 9.59 Å². The summed E-state index contributed by atoms with van der Waals surface area (Å²) in [5.74, 6) is -6.49. The lowest BCUT2D eigenvalue weighted by Crippen LogP contribution is -2.62. The number of aromatic hydroxyl groups is 1. The van der Waals surface area contributed by atoms with Gasteiger partial charge in [-0.05, 0) is 147 Å². The fraction of sp³-hybridized carbons (Fsp3) is 0.449. The molecule has 3 aliphatic heterocycles. The Kier molecular flexibility index (Phi) is 24.2. The van der Waals surface area contributed by atoms with Gasteiger partial charge in [-0.15, -0.1) is 0 Å². The molecule has 0 radical (unpaired) electrons. The Morgan fingerprint density at radius 1 is 0.755 bits per heavy atom. The van der Waals surface area contributed by atoms with E-state index in [-0.39, 0.29) is 75.4 Å². The van der Waals surface area contributed by atoms with E-state index in [1.165, 1.54) is 64.5 Å². The minimum Gasteiger partial charge on any atom is -0.508 e. The van der Waals surface area contributed by atoms with Crippen molar-refractivity contribution in [2.45, 2.75) is 151 Å². The molecule has 2 fully saturated rings. The average molecular weight is 1330 g/mol. The van der Waals surface area contributed by atoms with E-state index < -0.39 is 120 Å². The number of phenolic OH excluding ortho intramolecular Hbond substituents is 1. The molecule has 9 rings (SSSR count). The van der Waals surface area contributed by atoms with Crippen LogP contribution in [0.25, 0.3) is 16.5 Å². The Balaban J connectivity index is 1.01. The number of nitrogens with one attached hydrogen (secondary N) is 7. The molecule has 0 unspecified atom stereocenters. The number of phenols is 1. The molecule has 2 bridgehead atoms. The van der Waals surface area contributed by atoms with Crippen LogP contribution in [0.1, 0.15) is 111 Å². The molecule has 12 N–H and O–H groups in total. The largest absolute Gasteiger partial charge is 0.508 e. The summed E-state index contributed by atoms with van der Waals surface area (Å²) in [6.07, 6.45) is 6.12. The zero-order valence-corrected chi connectivity index (χ0v) is 54.6. The first-order valence-electron chi connectivity index (χ1n) is 32.1. The fourth-order valence-electron chi connectivity index (χ4n) is 12.7. The number of unbranched alkanes of at least 4 members (excludes halogenated alkanes) is 1. The highest BCUT2D eigenvalue weighted by Gasteiger charge is 2.47. The number of H-pyrrole nitrogens is 1. The number of rotatable bonds is 11. The van der Waals surface area contributed by atoms with E-state index in [0.29, 0.717) is 77.9 Å². The summed E-state index contributed by atoms with van der Waals surface area (Å²) < 4.78 is 14.9. The number of amides is 9. The molecular formula is C69H84FN11O11S2. The molecule has 9 amide bonds. The highest BCUT2D eigenvalue weighted by Crippen LogP contribution is 2.36. The van der Waals surface area contributed by atoms with Gasteiger partial charge in [0, 0.05) is 84.8 Å². The minimum absolute atomic E-state index is 0.0295. The van der Waals surface area contributed by atoms with Crippen LogP contribution in [0.5, 0.6) is 5.75 Å². The number of allylic oxidation sites excluding steroid dienone is 1. The number of hydrogen-bond acceptors (Lipinski definition) is 14. The number of nitrogens with two attached hydrogens (primary N) is 2. The van der Waals surface area contributed by atoms with Crippen LogP contribution < -0.4 is 43.4 Å². The molecule has 8 atom stereocenters. The molecule has 5 aromatic rings. The van der Waals surface area contributed by atoms with Crippen LogP contribution in [-0.2, 0) is 78.7 Å². The van der Waals surface area contributed by atoms with Crippen LogP contribution in [0.15, 0.2) is 103 Å². The van der Waals surface area contributed by atoms with E-state index in [0.717, 1.165) is 27.8 Å². The van der Waals surface area contributed by atoms with E-state index in [1.807, 2.05) is 54.6 Å². The van der Waals surface area contributed by atoms with Crippen molar-refractivity contribution in [1.29, 1.82) is 0 Å². The standard InChI is InChI=1S/C69H84FN11O11S2/c1-41-62(86)77-56(31-42-17-22-50(82)23-18-42)67(91)80-27-8-15-58(80)66(90)78-57(61(72)85)40-94-39-44-11-7-10-43(30-44)38-93-29-25-60(84)76-55(14-5-6-26-71)64(88)74-37-51(83)33-47(32-48-36-73-54-24-21-49(70)34-53(48)54)63(87)79-69(2,35-46-20-19-45-12-3-4-13-52(45)46)68(92)81-28-9-16-59(81)65(89)75-41/h3-4,7,10-13,17-18,20-24,30,34,36,41,47,55-59,73,82H,5-6,8-9,14-16,19,25-29,31-33,35,37-40,71H2,1-2H3,(H2,72,85)(H,74,88)(H,75,89)(H,76,84)(H,77,86)(H,78,90)(H,79,87)/t41-,47+,55-,56-,57-,58-,59-,69-/m0/s1. The molecular weight excluding hydrogens is 1240 g/mol. The van der Waals surface area contributed by atoms with Gasteiger partial charge in [-0.2, -0.15) is 23.5 Å². The molecule has 1 aromatic heterocycles. The van der Waals surface area contributed by atoms with Crippen molar-refractivity contribution in [3.05, 3.63) is 142 Å². The number of carbonyl (C=O) groups is 10. The molecule has 0 spiro atoms. The maximum Gasteiger partial charge on any atom is 0.249 e. The Morgan fingerprint density at radius 2 is 1.47 bits per heavy atom. The van der Waals surface area contributed by atoms with Crippen molar-refractivity contribution in [1.82, 2.24) is 46.7 Å². The van der Waals surface area contributed by atoms with Crippen molar-refractivity contribution >= 4 is 98.9 Å². The van der Waals surface area contributed by atoms with Gasteiger partial charge >= 0.3 is 0 Å². The lowest BCUT2D eigenvalue weighted by atomic mass is 9.86. The van der Waals surface area contributed by atoms with Gasteiger partial charge in [0.1, 0.15) is 53.4 Å². The van der Waals surface area contributed by atoms with Crippen molar-refractivity contribution in [3.8, 4) is 5.75 Å². The van der Waals surface area contributed by atoms with Crippen LogP contribution in [0.2, 0.25) is 0 Å². The minimum atomic E-state index is -1.78. The Labute approximate surface area is 554 Å². The first-order chi connectivity index (χ1) is 45.2. The monoisotopic (exact) mass is 1330 g/mol. The van der Waals surface area contributed by atoms with Gasteiger partial charge in [-0.1, -0.05) is 66.7 Å². The van der Waals surface area contributed by atoms with Gasteiger partial charge in [0.25, 0.3) is 0 Å². The van der Waals surface area contributed by atoms with Crippen molar-refractivity contribution < 1.29 is 57.4 Å². The van der Waals surface area contributed by atoms with Crippen LogP contribution in [0.3, 0.4) is 0 Å². The lowest BCUT2D eigenvalue weighted by Gasteiger charge is -2.37. The number of hydrogen-bond donors (Lipinski definition) is 10. The number of thioether (sulfide) groups is 2. The third-order valence-corrected chi connectivity index (χ3v) is 19.9. The molecule has 2 saturated heterocycles. The maximum absolute atomic E-state index is 15.6. The predicted octanol–water partition coefficient (Wildman–Crippen LogP) is 4.52. The zero-order chi connectivity index (χ0) is 67.1. The second-order valence-corrected chi connectivity index (χ2v) is 27.1. The third kappa shape index (κ3) is 18.2. The van der Waals surface area contributed by atoms with Crippen molar-refractivity contribution in [3.63, 3.8) is 0 Å². The first-order valence-corrected chi connectivity index (χ1v) is 34.4. The summed E-state index contributed by atoms with van der Waals surface area (Å²) in [7, 11) is 0. The second-order valence-electron chi connectivity index (χ2n) is 25.0. The quantitative estimate of drug-likeness (QED) is 0.0814. The number of Topliss-reactive ketones (excluding diaryl/α,β-unsaturated/α-hetero) is 1. The van der Waals surface area contributed by atoms with Crippen LogP contribution in [0.4, 0.5) is 4.39 Å². The van der Waals surface area contributed by atoms with Gasteiger partial charge in [-0.3, -0.25) is 47.9 Å². The number of aromatic nitrogens is 1. The number of fused-ring (bicyclic) bond motifs is 6. The molecule has 4 aliphatic rings. The van der Waals surface area contributed by atoms with Gasteiger partial charge in [0.15, 0.2) is 5.78 Å². The van der Waals surface area contributed by atoms with Gasteiger partial charge in [0.05, 0.1) is 6.54 Å². The number of halogens is 1. The van der Waals surface area contributed by atoms with Crippen molar-refractivity contribution in [2.75, 3.05) is 37.7 Å². The number of carbonyl (C=O) groups excluding carboxylic acids is 10. The number of primary amides is 1. The second kappa shape index (κ2) is 32.5. The van der Waals surface area contributed by atoms with Crippen LogP contribution in [-0.4, -0.2) is 158 Å². The Morgan fingerprint density at radius 3 is 2.21 bits per heavy atom. The van der Waals surface area contributed by atoms with Crippen molar-refractivity contribution in [2.24, 2.45) is 17.4 Å². The third-order valence-electron chi connectivity index (χ3n) is 17.8. The van der Waals surface area contributed by atoms with Crippen LogP contribution >= 0.6 is 23.5 Å². The molecule has 0 saturated carbocycles. The summed E-state index contributed by atoms with van der Waals surface area (Å²) >= 11 is 2.89. The summed E-state index contributed by atoms with van der Waals surface area (Å²) in [6.45, 7) is 3.09. The number of nitrogens with zero attached hydrogens (tertiary/aromatic N) is 2. The summed E-state index contributed by atoms with van der Waals surface area (Å²) in [5.41, 5.74) is 16.0. The molecule has 4 heterocycles. The summed E-state index contributed by atoms with van der Waals surface area (Å²) in [4.78, 5) is 149. The van der Waals surface area contributed by atoms with Gasteiger partial charge in [0.2, 0.25) is 53.2 Å². The van der Waals surface area contributed by atoms with Gasteiger partial charge < -0.3 is 63.3 Å². The molecule has 94 heavy (non-hydrogen) atoms. The zero-order valence-electron chi connectivity index (χ0n) is 53.0. The predicted molar refractivity (Wildman–Crippen MR) is 358 cm³/mol. The van der Waals surface area contributed by atoms with E-state index in [1.54, 1.807) is 31.3 Å². The topological polar surface area (TPSA) is 337 Å². The normalized spacial score (nSPS) is 24.8. The number of aromatic amines is 1. The molecule has 4 aromatic carbocycles. The average Bonchev–Trinajstić information content (AvgIpc) is 1.53. The SMILES string of the molecule is C[C@@H]1NC(=O)[C@@H]2CCCN2C(=O)[C@](C)(CC2=CCc3ccccc32)NC(=O)[C@H](Cc2c[nH]c3ccc(F)cc23)CC(=O)CNC(=O)[C@H](CCCCN)NC(=O)CCSCc2cccc(c2)CSC[C@@H](C(N)=O)NC(=O)[C@@H]2CCCN2C(=O)[C@H](Cc2ccc(O)cc2)NC1=O. The van der Waals surface area contributed by atoms with E-state index in [4.69, 9.17) is 11.5 Å².